The van der Waals surface area contributed by atoms with Gasteiger partial charge in [-0.2, -0.15) is 13.2 Å². The van der Waals surface area contributed by atoms with Crippen molar-refractivity contribution in [3.8, 4) is 0 Å². The minimum absolute atomic E-state index is 0.0710. The Labute approximate surface area is 77.0 Å². The van der Waals surface area contributed by atoms with Crippen LogP contribution in [0.4, 0.5) is 19.0 Å². The van der Waals surface area contributed by atoms with Crippen molar-refractivity contribution in [1.29, 1.82) is 0 Å². The second-order valence-electron chi connectivity index (χ2n) is 2.82. The van der Waals surface area contributed by atoms with E-state index in [0.29, 0.717) is 0 Å². The van der Waals surface area contributed by atoms with Crippen molar-refractivity contribution in [2.24, 2.45) is 0 Å². The molecule has 0 bridgehead atoms. The molecule has 0 aliphatic heterocycles. The van der Waals surface area contributed by atoms with Crippen LogP contribution >= 0.6 is 0 Å². The summed E-state index contributed by atoms with van der Waals surface area (Å²) in [5, 5.41) is 0. The van der Waals surface area contributed by atoms with Crippen LogP contribution in [0.3, 0.4) is 0 Å². The third kappa shape index (κ3) is 1.28. The molecule has 0 aliphatic rings. The fraction of sp³-hybridized carbons (Fsp3) is 0.125. The van der Waals surface area contributed by atoms with E-state index >= 15 is 0 Å². The van der Waals surface area contributed by atoms with Crippen molar-refractivity contribution in [3.63, 3.8) is 0 Å². The van der Waals surface area contributed by atoms with Gasteiger partial charge >= 0.3 is 6.18 Å². The lowest BCUT2D eigenvalue weighted by atomic mass is 10.2. The number of nitrogens with two attached hydrogens (primary N) is 1. The number of nitrogens with zero attached hydrogens (tertiary/aromatic N) is 2. The Morgan fingerprint density at radius 3 is 2.71 bits per heavy atom. The zero-order chi connectivity index (χ0) is 10.3. The number of aromatic nitrogens is 2. The number of anilines is 1. The van der Waals surface area contributed by atoms with Crippen molar-refractivity contribution in [1.82, 2.24) is 9.38 Å². The van der Waals surface area contributed by atoms with Gasteiger partial charge in [0, 0.05) is 6.20 Å². The van der Waals surface area contributed by atoms with Gasteiger partial charge in [-0.15, -0.1) is 0 Å². The zero-order valence-corrected chi connectivity index (χ0v) is 6.92. The van der Waals surface area contributed by atoms with E-state index in [1.807, 2.05) is 0 Å². The summed E-state index contributed by atoms with van der Waals surface area (Å²) in [4.78, 5) is 3.60. The number of fused-ring (bicyclic) bond motifs is 1. The maximum atomic E-state index is 12.4. The average molecular weight is 201 g/mol. The minimum Gasteiger partial charge on any atom is -0.382 e. The molecule has 0 saturated carbocycles. The van der Waals surface area contributed by atoms with Crippen LogP contribution in [-0.2, 0) is 6.18 Å². The van der Waals surface area contributed by atoms with Gasteiger partial charge < -0.3 is 10.1 Å². The summed E-state index contributed by atoms with van der Waals surface area (Å²) in [6.45, 7) is 0. The van der Waals surface area contributed by atoms with Crippen LogP contribution in [0.25, 0.3) is 5.65 Å². The van der Waals surface area contributed by atoms with Gasteiger partial charge in [0.25, 0.3) is 0 Å². The molecule has 0 spiro atoms. The quantitative estimate of drug-likeness (QED) is 0.707. The number of nitrogen functional groups attached to an aromatic ring is 1. The van der Waals surface area contributed by atoms with Gasteiger partial charge in [-0.1, -0.05) is 0 Å². The summed E-state index contributed by atoms with van der Waals surface area (Å²) in [5.74, 6) is 0.0710. The normalized spacial score (nSPS) is 12.2. The average Bonchev–Trinajstić information content (AvgIpc) is 2.41. The molecule has 14 heavy (non-hydrogen) atoms. The highest BCUT2D eigenvalue weighted by Crippen LogP contribution is 2.31. The second kappa shape index (κ2) is 2.63. The summed E-state index contributed by atoms with van der Waals surface area (Å²) in [5.41, 5.74) is 4.35. The topological polar surface area (TPSA) is 43.3 Å². The molecule has 2 heterocycles. The van der Waals surface area contributed by atoms with Crippen molar-refractivity contribution >= 4 is 11.5 Å². The molecule has 6 heteroatoms. The Bertz CT molecular complexity index is 472. The monoisotopic (exact) mass is 201 g/mol. The number of hydrogen-bond acceptors (Lipinski definition) is 2. The van der Waals surface area contributed by atoms with Gasteiger partial charge in [-0.25, -0.2) is 4.98 Å². The zero-order valence-electron chi connectivity index (χ0n) is 6.92. The van der Waals surface area contributed by atoms with E-state index in [1.165, 1.54) is 22.9 Å². The Balaban J connectivity index is 2.77. The Morgan fingerprint density at radius 1 is 1.36 bits per heavy atom. The van der Waals surface area contributed by atoms with E-state index in [-0.39, 0.29) is 11.5 Å². The maximum absolute atomic E-state index is 12.4. The number of hydrogen-bond donors (Lipinski definition) is 1. The number of imidazole rings is 1. The van der Waals surface area contributed by atoms with Gasteiger partial charge in [0.05, 0.1) is 11.8 Å². The molecule has 2 aromatic rings. The number of rotatable bonds is 0. The van der Waals surface area contributed by atoms with Gasteiger partial charge in [-0.3, -0.25) is 0 Å². The molecule has 0 radical (unpaired) electrons. The molecule has 0 aromatic carbocycles. The maximum Gasteiger partial charge on any atom is 0.419 e. The smallest absolute Gasteiger partial charge is 0.382 e. The second-order valence-corrected chi connectivity index (χ2v) is 2.82. The van der Waals surface area contributed by atoms with Crippen molar-refractivity contribution in [2.45, 2.75) is 6.18 Å². The molecular weight excluding hydrogens is 195 g/mol. The predicted octanol–water partition coefficient (Wildman–Crippen LogP) is 1.94. The van der Waals surface area contributed by atoms with Gasteiger partial charge in [0.15, 0.2) is 5.65 Å². The molecule has 0 saturated heterocycles. The molecule has 0 unspecified atom stereocenters. The Hall–Kier alpha value is -1.72. The molecule has 0 fully saturated rings. The molecule has 2 N–H and O–H groups in total. The summed E-state index contributed by atoms with van der Waals surface area (Å²) in [7, 11) is 0. The lowest BCUT2D eigenvalue weighted by Gasteiger charge is -2.06. The van der Waals surface area contributed by atoms with Crippen LogP contribution in [-0.4, -0.2) is 9.38 Å². The lowest BCUT2D eigenvalue weighted by molar-refractivity contribution is -0.136. The number of halogens is 3. The van der Waals surface area contributed by atoms with Crippen molar-refractivity contribution in [2.75, 3.05) is 5.73 Å². The molecule has 0 amide bonds. The lowest BCUT2D eigenvalue weighted by Crippen LogP contribution is -2.07. The molecule has 0 aliphatic carbocycles. The highest BCUT2D eigenvalue weighted by atomic mass is 19.4. The summed E-state index contributed by atoms with van der Waals surface area (Å²) in [6, 6.07) is 2.28. The van der Waals surface area contributed by atoms with Crippen LogP contribution in [0.15, 0.2) is 24.5 Å². The molecular formula is C8H6F3N3. The van der Waals surface area contributed by atoms with E-state index < -0.39 is 11.7 Å². The Morgan fingerprint density at radius 2 is 2.07 bits per heavy atom. The first-order valence-electron chi connectivity index (χ1n) is 3.79. The molecule has 3 nitrogen and oxygen atoms in total. The number of alkyl halides is 3. The Kier molecular flexibility index (Phi) is 1.67. The highest BCUT2D eigenvalue weighted by Gasteiger charge is 2.33. The summed E-state index contributed by atoms with van der Waals surface area (Å²) < 4.78 is 38.5. The van der Waals surface area contributed by atoms with Crippen LogP contribution in [0, 0.1) is 0 Å². The third-order valence-electron chi connectivity index (χ3n) is 1.81. The first kappa shape index (κ1) is 8.86. The SMILES string of the molecule is Nc1cn2cccc(C(F)(F)F)c2n1. The minimum atomic E-state index is -4.40. The van der Waals surface area contributed by atoms with Crippen LogP contribution in [0.5, 0.6) is 0 Å². The first-order chi connectivity index (χ1) is 6.48. The molecule has 2 aromatic heterocycles. The van der Waals surface area contributed by atoms with E-state index in [9.17, 15) is 13.2 Å². The van der Waals surface area contributed by atoms with Gasteiger partial charge in [0.2, 0.25) is 0 Å². The highest BCUT2D eigenvalue weighted by molar-refractivity contribution is 5.54. The molecule has 2 rings (SSSR count). The van der Waals surface area contributed by atoms with Gasteiger partial charge in [-0.05, 0) is 12.1 Å². The van der Waals surface area contributed by atoms with E-state index in [0.717, 1.165) is 6.07 Å². The number of pyridine rings is 1. The fourth-order valence-corrected chi connectivity index (χ4v) is 1.25. The van der Waals surface area contributed by atoms with Crippen LogP contribution < -0.4 is 5.73 Å². The van der Waals surface area contributed by atoms with Crippen LogP contribution in [0.1, 0.15) is 5.56 Å². The van der Waals surface area contributed by atoms with Gasteiger partial charge in [0.1, 0.15) is 5.82 Å². The first-order valence-corrected chi connectivity index (χ1v) is 3.79. The molecule has 74 valence electrons. The summed E-state index contributed by atoms with van der Waals surface area (Å²) >= 11 is 0. The van der Waals surface area contributed by atoms with Crippen LogP contribution in [0.2, 0.25) is 0 Å². The van der Waals surface area contributed by atoms with E-state index in [4.69, 9.17) is 5.73 Å². The predicted molar refractivity (Wildman–Crippen MR) is 44.6 cm³/mol. The van der Waals surface area contributed by atoms with E-state index in [1.54, 1.807) is 0 Å². The third-order valence-corrected chi connectivity index (χ3v) is 1.81. The van der Waals surface area contributed by atoms with E-state index in [2.05, 4.69) is 4.98 Å². The molecule has 0 atom stereocenters. The van der Waals surface area contributed by atoms with Crippen molar-refractivity contribution in [3.05, 3.63) is 30.1 Å². The standard InChI is InChI=1S/C8H6F3N3/c9-8(10,11)5-2-1-3-14-4-6(12)13-7(5)14/h1-4H,12H2. The van der Waals surface area contributed by atoms with Crippen molar-refractivity contribution < 1.29 is 13.2 Å². The fourth-order valence-electron chi connectivity index (χ4n) is 1.25. The summed E-state index contributed by atoms with van der Waals surface area (Å²) in [6.07, 6.45) is -1.60. The largest absolute Gasteiger partial charge is 0.419 e.